The molecule has 98 valence electrons. The highest BCUT2D eigenvalue weighted by molar-refractivity contribution is 7.86. The minimum atomic E-state index is -4.53. The molecule has 0 aromatic carbocycles. The third-order valence-corrected chi connectivity index (χ3v) is 1.92. The first-order valence-electron chi connectivity index (χ1n) is 3.84. The van der Waals surface area contributed by atoms with Gasteiger partial charge in [0.25, 0.3) is 10.1 Å². The van der Waals surface area contributed by atoms with Crippen LogP contribution in [0.15, 0.2) is 0 Å². The Labute approximate surface area is 88.1 Å². The number of hydrogen-bond donors (Lipinski definition) is 1. The molecule has 0 spiro atoms. The van der Waals surface area contributed by atoms with Crippen LogP contribution in [0.5, 0.6) is 0 Å². The Kier molecular flexibility index (Phi) is 4.65. The first kappa shape index (κ1) is 15.5. The van der Waals surface area contributed by atoms with E-state index < -0.39 is 41.3 Å². The first-order chi connectivity index (χ1) is 6.86. The van der Waals surface area contributed by atoms with E-state index in [4.69, 9.17) is 5.11 Å². The fourth-order valence-electron chi connectivity index (χ4n) is 0.704. The fourth-order valence-corrected chi connectivity index (χ4v) is 1.25. The summed E-state index contributed by atoms with van der Waals surface area (Å²) in [5, 5.41) is 8.55. The van der Waals surface area contributed by atoms with E-state index in [2.05, 4.69) is 4.18 Å². The van der Waals surface area contributed by atoms with E-state index in [9.17, 15) is 30.4 Å². The minimum absolute atomic E-state index is 0.364. The molecule has 0 aliphatic carbocycles. The molecular weight excluding hydrogens is 263 g/mol. The van der Waals surface area contributed by atoms with Crippen LogP contribution in [0, 0.1) is 0 Å². The van der Waals surface area contributed by atoms with Crippen LogP contribution < -0.4 is 0 Å². The molecule has 0 aliphatic rings. The molecular formula is C6H9F5O4S. The average Bonchev–Trinajstić information content (AvgIpc) is 1.96. The number of rotatable bonds is 6. The van der Waals surface area contributed by atoms with Gasteiger partial charge in [0, 0.05) is 12.8 Å². The van der Waals surface area contributed by atoms with E-state index in [0.717, 1.165) is 0 Å². The van der Waals surface area contributed by atoms with Gasteiger partial charge in [0.15, 0.2) is 0 Å². The lowest BCUT2D eigenvalue weighted by molar-refractivity contribution is -0.251. The van der Waals surface area contributed by atoms with Crippen molar-refractivity contribution in [2.45, 2.75) is 31.2 Å². The third kappa shape index (κ3) is 6.18. The second-order valence-corrected chi connectivity index (χ2v) is 4.61. The summed E-state index contributed by atoms with van der Waals surface area (Å²) in [6.07, 6.45) is -7.03. The van der Waals surface area contributed by atoms with Gasteiger partial charge in [-0.2, -0.15) is 12.8 Å². The lowest BCUT2D eigenvalue weighted by Gasteiger charge is -2.20. The quantitative estimate of drug-likeness (QED) is 0.449. The maximum absolute atomic E-state index is 12.8. The Morgan fingerprint density at radius 1 is 1.25 bits per heavy atom. The van der Waals surface area contributed by atoms with Gasteiger partial charge in [-0.3, -0.25) is 0 Å². The minimum Gasteiger partial charge on any atom is -0.339 e. The van der Waals surface area contributed by atoms with E-state index in [0.29, 0.717) is 6.26 Å². The zero-order chi connectivity index (χ0) is 13.2. The molecule has 0 saturated heterocycles. The average molecular weight is 272 g/mol. The number of hydrogen-bond acceptors (Lipinski definition) is 4. The van der Waals surface area contributed by atoms with Gasteiger partial charge in [0.05, 0.1) is 6.26 Å². The van der Waals surface area contributed by atoms with Crippen molar-refractivity contribution in [3.05, 3.63) is 0 Å². The van der Waals surface area contributed by atoms with Crippen LogP contribution in [0.3, 0.4) is 0 Å². The zero-order valence-electron chi connectivity index (χ0n) is 7.96. The van der Waals surface area contributed by atoms with Gasteiger partial charge >= 0.3 is 18.4 Å². The summed E-state index contributed by atoms with van der Waals surface area (Å²) in [4.78, 5) is 0. The maximum Gasteiger partial charge on any atom is 0.332 e. The van der Waals surface area contributed by atoms with Crippen molar-refractivity contribution < 1.29 is 39.7 Å². The van der Waals surface area contributed by atoms with Gasteiger partial charge in [-0.25, -0.2) is 21.7 Å². The van der Waals surface area contributed by atoms with Crippen LogP contribution in [-0.2, 0) is 14.3 Å². The monoisotopic (exact) mass is 272 g/mol. The van der Waals surface area contributed by atoms with Crippen LogP contribution in [0.2, 0.25) is 0 Å². The van der Waals surface area contributed by atoms with Crippen molar-refractivity contribution >= 4 is 10.1 Å². The van der Waals surface area contributed by atoms with Gasteiger partial charge in [0.2, 0.25) is 0 Å². The molecule has 1 atom stereocenters. The molecule has 1 unspecified atom stereocenters. The molecule has 0 amide bonds. The summed E-state index contributed by atoms with van der Waals surface area (Å²) in [5.41, 5.74) is 0. The predicted molar refractivity (Wildman–Crippen MR) is 42.2 cm³/mol. The van der Waals surface area contributed by atoms with Gasteiger partial charge < -0.3 is 5.11 Å². The van der Waals surface area contributed by atoms with Crippen LogP contribution in [0.4, 0.5) is 22.0 Å². The molecule has 0 aliphatic heterocycles. The maximum atomic E-state index is 12.8. The first-order valence-corrected chi connectivity index (χ1v) is 5.65. The van der Waals surface area contributed by atoms with E-state index in [1.807, 2.05) is 0 Å². The van der Waals surface area contributed by atoms with Gasteiger partial charge in [-0.1, -0.05) is 0 Å². The standard InChI is InChI=1S/C6H9F5O4S/c1-16(13,14)15-6(11,12)3-2-5(9,10)4(7)8/h4,12H,2-3H2,1H3. The smallest absolute Gasteiger partial charge is 0.332 e. The molecule has 0 bridgehead atoms. The Morgan fingerprint density at radius 2 is 1.69 bits per heavy atom. The van der Waals surface area contributed by atoms with Gasteiger partial charge in [-0.15, -0.1) is 0 Å². The summed E-state index contributed by atoms with van der Waals surface area (Å²) in [5.74, 6) is -4.53. The predicted octanol–water partition coefficient (Wildman–Crippen LogP) is 1.26. The Bertz CT molecular complexity index is 326. The van der Waals surface area contributed by atoms with Crippen LogP contribution in [0.1, 0.15) is 12.8 Å². The van der Waals surface area contributed by atoms with Gasteiger partial charge in [-0.05, 0) is 0 Å². The number of alkyl halides is 5. The summed E-state index contributed by atoms with van der Waals surface area (Å²) >= 11 is 0. The van der Waals surface area contributed by atoms with E-state index >= 15 is 0 Å². The Balaban J connectivity index is 4.40. The molecule has 0 aromatic heterocycles. The molecule has 10 heteroatoms. The van der Waals surface area contributed by atoms with E-state index in [1.54, 1.807) is 0 Å². The zero-order valence-corrected chi connectivity index (χ0v) is 8.78. The SMILES string of the molecule is CS(=O)(=O)OC(O)(F)CCC(F)(F)C(F)F. The lowest BCUT2D eigenvalue weighted by Crippen LogP contribution is -2.34. The normalized spacial score (nSPS) is 17.5. The second-order valence-electron chi connectivity index (χ2n) is 3.04. The Hall–Kier alpha value is -0.480. The van der Waals surface area contributed by atoms with Crippen LogP contribution in [0.25, 0.3) is 0 Å². The topological polar surface area (TPSA) is 63.6 Å². The summed E-state index contributed by atoms with van der Waals surface area (Å²) in [6.45, 7) is 0. The largest absolute Gasteiger partial charge is 0.339 e. The van der Waals surface area contributed by atoms with Crippen molar-refractivity contribution in [1.82, 2.24) is 0 Å². The van der Waals surface area contributed by atoms with Crippen molar-refractivity contribution in [2.24, 2.45) is 0 Å². The molecule has 0 aromatic rings. The molecule has 1 N–H and O–H groups in total. The van der Waals surface area contributed by atoms with Crippen molar-refractivity contribution in [1.29, 1.82) is 0 Å². The Morgan fingerprint density at radius 3 is 2.00 bits per heavy atom. The van der Waals surface area contributed by atoms with Crippen molar-refractivity contribution in [3.63, 3.8) is 0 Å². The highest BCUT2D eigenvalue weighted by Crippen LogP contribution is 2.31. The lowest BCUT2D eigenvalue weighted by atomic mass is 10.2. The second kappa shape index (κ2) is 4.80. The highest BCUT2D eigenvalue weighted by Gasteiger charge is 2.44. The van der Waals surface area contributed by atoms with Crippen molar-refractivity contribution in [2.75, 3.05) is 6.26 Å². The number of halogens is 5. The highest BCUT2D eigenvalue weighted by atomic mass is 32.2. The molecule has 16 heavy (non-hydrogen) atoms. The molecule has 0 fully saturated rings. The van der Waals surface area contributed by atoms with Crippen LogP contribution in [-0.4, -0.2) is 38.2 Å². The molecule has 4 nitrogen and oxygen atoms in total. The molecule has 0 saturated carbocycles. The summed E-state index contributed by atoms with van der Waals surface area (Å²) < 4.78 is 84.6. The van der Waals surface area contributed by atoms with E-state index in [1.165, 1.54) is 0 Å². The molecule has 0 heterocycles. The van der Waals surface area contributed by atoms with Crippen LogP contribution >= 0.6 is 0 Å². The number of aliphatic hydroxyl groups is 1. The third-order valence-electron chi connectivity index (χ3n) is 1.37. The summed E-state index contributed by atoms with van der Waals surface area (Å²) in [7, 11) is -4.43. The summed E-state index contributed by atoms with van der Waals surface area (Å²) in [6, 6.07) is -3.92. The van der Waals surface area contributed by atoms with E-state index in [-0.39, 0.29) is 0 Å². The van der Waals surface area contributed by atoms with Crippen molar-refractivity contribution in [3.8, 4) is 0 Å². The molecule has 0 rings (SSSR count). The molecule has 0 radical (unpaired) electrons. The van der Waals surface area contributed by atoms with Gasteiger partial charge in [0.1, 0.15) is 0 Å². The fraction of sp³-hybridized carbons (Fsp3) is 1.00.